The molecule has 0 saturated carbocycles. The van der Waals surface area contributed by atoms with Gasteiger partial charge in [-0.25, -0.2) is 4.98 Å². The molecule has 0 aliphatic rings. The van der Waals surface area contributed by atoms with Crippen LogP contribution < -0.4 is 10.6 Å². The van der Waals surface area contributed by atoms with E-state index in [1.54, 1.807) is 23.5 Å². The van der Waals surface area contributed by atoms with Gasteiger partial charge in [-0.1, -0.05) is 6.07 Å². The molecule has 1 amide bonds. The predicted octanol–water partition coefficient (Wildman–Crippen LogP) is 5.00. The Morgan fingerprint density at radius 3 is 2.80 bits per heavy atom. The van der Waals surface area contributed by atoms with E-state index >= 15 is 0 Å². The van der Waals surface area contributed by atoms with Crippen molar-refractivity contribution in [2.24, 2.45) is 0 Å². The highest BCUT2D eigenvalue weighted by Gasteiger charge is 2.10. The Balaban J connectivity index is 1.42. The van der Waals surface area contributed by atoms with Crippen LogP contribution in [0.5, 0.6) is 0 Å². The second-order valence-corrected chi connectivity index (χ2v) is 7.67. The minimum atomic E-state index is -0.470. The van der Waals surface area contributed by atoms with E-state index in [1.165, 1.54) is 18.0 Å². The van der Waals surface area contributed by atoms with E-state index in [1.807, 2.05) is 36.4 Å². The minimum Gasteiger partial charge on any atom is -0.467 e. The number of furan rings is 1. The van der Waals surface area contributed by atoms with Gasteiger partial charge in [0.05, 0.1) is 23.0 Å². The third-order valence-corrected chi connectivity index (χ3v) is 5.49. The minimum absolute atomic E-state index is 0.0211. The van der Waals surface area contributed by atoms with Gasteiger partial charge in [-0.3, -0.25) is 4.79 Å². The lowest BCUT2D eigenvalue weighted by atomic mass is 10.2. The van der Waals surface area contributed by atoms with Crippen LogP contribution in [0.1, 0.15) is 11.3 Å². The summed E-state index contributed by atoms with van der Waals surface area (Å²) in [6.07, 6.45) is 2.93. The van der Waals surface area contributed by atoms with Gasteiger partial charge in [0.2, 0.25) is 0 Å². The maximum Gasteiger partial charge on any atom is 0.263 e. The molecular weight excluding hydrogens is 396 g/mol. The number of nitrogens with one attached hydrogen (secondary N) is 2. The lowest BCUT2D eigenvalue weighted by Crippen LogP contribution is -2.24. The summed E-state index contributed by atoms with van der Waals surface area (Å²) in [4.78, 5) is 16.8. The van der Waals surface area contributed by atoms with E-state index in [9.17, 15) is 10.1 Å². The Labute approximate surface area is 177 Å². The molecule has 148 valence electrons. The first-order valence-electron chi connectivity index (χ1n) is 9.27. The number of hydrogen-bond acceptors (Lipinski definition) is 6. The molecule has 2 aromatic carbocycles. The number of carbonyl (C=O) groups excluding carboxylic acids is 1. The highest BCUT2D eigenvalue weighted by Crippen LogP contribution is 2.31. The number of nitriles is 1. The normalized spacial score (nSPS) is 11.3. The first-order valence-corrected chi connectivity index (χ1v) is 10.1. The van der Waals surface area contributed by atoms with Crippen molar-refractivity contribution in [3.05, 3.63) is 84.0 Å². The first-order chi connectivity index (χ1) is 14.6. The van der Waals surface area contributed by atoms with E-state index in [-0.39, 0.29) is 12.1 Å². The molecule has 4 rings (SSSR count). The number of aryl methyl sites for hydroxylation is 1. The van der Waals surface area contributed by atoms with Gasteiger partial charge in [0.25, 0.3) is 5.91 Å². The van der Waals surface area contributed by atoms with E-state index in [4.69, 9.17) is 4.42 Å². The number of fused-ring (bicyclic) bond motifs is 1. The lowest BCUT2D eigenvalue weighted by molar-refractivity contribution is -0.117. The molecule has 0 unspecified atom stereocenters. The largest absolute Gasteiger partial charge is 0.467 e. The number of anilines is 1. The van der Waals surface area contributed by atoms with Crippen LogP contribution in [0.3, 0.4) is 0 Å². The van der Waals surface area contributed by atoms with Crippen LogP contribution in [0.15, 0.2) is 77.1 Å². The van der Waals surface area contributed by atoms with Crippen molar-refractivity contribution >= 4 is 33.1 Å². The summed E-state index contributed by atoms with van der Waals surface area (Å²) >= 11 is 1.65. The molecule has 0 fully saturated rings. The molecule has 0 spiro atoms. The smallest absolute Gasteiger partial charge is 0.263 e. The number of thiazole rings is 1. The molecule has 0 saturated heterocycles. The van der Waals surface area contributed by atoms with Crippen LogP contribution >= 0.6 is 11.3 Å². The molecule has 0 bridgehead atoms. The quantitative estimate of drug-likeness (QED) is 0.342. The maximum atomic E-state index is 12.1. The molecule has 2 aromatic heterocycles. The van der Waals surface area contributed by atoms with Crippen LogP contribution in [0.2, 0.25) is 0 Å². The van der Waals surface area contributed by atoms with Crippen molar-refractivity contribution in [3.8, 4) is 16.6 Å². The number of benzene rings is 2. The maximum absolute atomic E-state index is 12.1. The zero-order chi connectivity index (χ0) is 20.9. The highest BCUT2D eigenvalue weighted by atomic mass is 32.1. The zero-order valence-electron chi connectivity index (χ0n) is 16.2. The molecule has 4 aromatic rings. The van der Waals surface area contributed by atoms with Gasteiger partial charge in [0.1, 0.15) is 22.4 Å². The zero-order valence-corrected chi connectivity index (χ0v) is 17.0. The van der Waals surface area contributed by atoms with Gasteiger partial charge in [0, 0.05) is 17.5 Å². The summed E-state index contributed by atoms with van der Waals surface area (Å²) in [6, 6.07) is 19.3. The van der Waals surface area contributed by atoms with Gasteiger partial charge >= 0.3 is 0 Å². The van der Waals surface area contributed by atoms with E-state index in [0.717, 1.165) is 26.5 Å². The number of amides is 1. The van der Waals surface area contributed by atoms with E-state index < -0.39 is 5.91 Å². The Kier molecular flexibility index (Phi) is 5.59. The van der Waals surface area contributed by atoms with Gasteiger partial charge < -0.3 is 15.1 Å². The number of rotatable bonds is 6. The molecule has 6 nitrogen and oxygen atoms in total. The van der Waals surface area contributed by atoms with Crippen molar-refractivity contribution in [2.45, 2.75) is 13.5 Å². The van der Waals surface area contributed by atoms with Crippen LogP contribution in [0.4, 0.5) is 5.69 Å². The summed E-state index contributed by atoms with van der Waals surface area (Å²) < 4.78 is 6.32. The Hall–Kier alpha value is -3.89. The number of hydrogen-bond donors (Lipinski definition) is 2. The molecule has 7 heteroatoms. The van der Waals surface area contributed by atoms with Crippen molar-refractivity contribution < 1.29 is 9.21 Å². The molecule has 0 radical (unpaired) electrons. The fourth-order valence-corrected chi connectivity index (χ4v) is 3.91. The Morgan fingerprint density at radius 2 is 2.07 bits per heavy atom. The monoisotopic (exact) mass is 414 g/mol. The average molecular weight is 414 g/mol. The third kappa shape index (κ3) is 4.40. The fraction of sp³-hybridized carbons (Fsp3) is 0.0870. The van der Waals surface area contributed by atoms with E-state index in [0.29, 0.717) is 5.76 Å². The molecule has 0 aliphatic carbocycles. The SMILES string of the molecule is Cc1ccc2nc(-c3ccc(N/C=C(/C#N)C(=O)NCc4ccco4)cc3)sc2c1. The predicted molar refractivity (Wildman–Crippen MR) is 118 cm³/mol. The topological polar surface area (TPSA) is 91.0 Å². The second kappa shape index (κ2) is 8.64. The molecule has 2 heterocycles. The highest BCUT2D eigenvalue weighted by molar-refractivity contribution is 7.21. The molecular formula is C23H18N4O2S. The standard InChI is InChI=1S/C23H18N4O2S/c1-15-4-9-20-21(11-15)30-23(27-20)16-5-7-18(8-6-16)25-13-17(12-24)22(28)26-14-19-3-2-10-29-19/h2-11,13,25H,14H2,1H3,(H,26,28)/b17-13-. The van der Waals surface area contributed by atoms with Crippen LogP contribution in [0, 0.1) is 18.3 Å². The van der Waals surface area contributed by atoms with E-state index in [2.05, 4.69) is 34.7 Å². The van der Waals surface area contributed by atoms with Crippen LogP contribution in [-0.4, -0.2) is 10.9 Å². The summed E-state index contributed by atoms with van der Waals surface area (Å²) in [7, 11) is 0. The average Bonchev–Trinajstić information content (AvgIpc) is 3.42. The van der Waals surface area contributed by atoms with Crippen molar-refractivity contribution in [2.75, 3.05) is 5.32 Å². The number of carbonyl (C=O) groups is 1. The fourth-order valence-electron chi connectivity index (χ4n) is 2.84. The van der Waals surface area contributed by atoms with Crippen molar-refractivity contribution in [1.82, 2.24) is 10.3 Å². The molecule has 2 N–H and O–H groups in total. The van der Waals surface area contributed by atoms with Crippen LogP contribution in [-0.2, 0) is 11.3 Å². The first kappa shape index (κ1) is 19.4. The van der Waals surface area contributed by atoms with Crippen LogP contribution in [0.25, 0.3) is 20.8 Å². The van der Waals surface area contributed by atoms with Gasteiger partial charge in [0.15, 0.2) is 0 Å². The lowest BCUT2D eigenvalue weighted by Gasteiger charge is -2.05. The number of aromatic nitrogens is 1. The van der Waals surface area contributed by atoms with Gasteiger partial charge in [-0.15, -0.1) is 11.3 Å². The van der Waals surface area contributed by atoms with Crippen molar-refractivity contribution in [1.29, 1.82) is 5.26 Å². The Bertz CT molecular complexity index is 1250. The Morgan fingerprint density at radius 1 is 1.23 bits per heavy atom. The molecule has 30 heavy (non-hydrogen) atoms. The van der Waals surface area contributed by atoms with Crippen molar-refractivity contribution in [3.63, 3.8) is 0 Å². The summed E-state index contributed by atoms with van der Waals surface area (Å²) in [5.74, 6) is 0.150. The van der Waals surface area contributed by atoms with Gasteiger partial charge in [-0.2, -0.15) is 5.26 Å². The third-order valence-electron chi connectivity index (χ3n) is 4.43. The molecule has 0 atom stereocenters. The molecule has 0 aliphatic heterocycles. The summed E-state index contributed by atoms with van der Waals surface area (Å²) in [6.45, 7) is 2.29. The van der Waals surface area contributed by atoms with Gasteiger partial charge in [-0.05, 0) is 61.0 Å². The number of nitrogens with zero attached hydrogens (tertiary/aromatic N) is 2. The second-order valence-electron chi connectivity index (χ2n) is 6.64. The summed E-state index contributed by atoms with van der Waals surface area (Å²) in [5.41, 5.74) is 3.96. The summed E-state index contributed by atoms with van der Waals surface area (Å²) in [5, 5.41) is 15.9.